The van der Waals surface area contributed by atoms with E-state index in [1.165, 1.54) is 0 Å². The normalized spacial score (nSPS) is 19.4. The number of hydrogen-bond acceptors (Lipinski definition) is 4. The van der Waals surface area contributed by atoms with E-state index in [2.05, 4.69) is 64.8 Å². The Morgan fingerprint density at radius 1 is 1.04 bits per heavy atom. The first-order chi connectivity index (χ1) is 12.2. The van der Waals surface area contributed by atoms with Crippen LogP contribution >= 0.6 is 0 Å². The van der Waals surface area contributed by atoms with Crippen molar-refractivity contribution in [3.8, 4) is 17.0 Å². The first-order valence-electron chi connectivity index (χ1n) is 8.67. The molecule has 0 spiro atoms. The number of fused-ring (bicyclic) bond motifs is 1. The van der Waals surface area contributed by atoms with Crippen LogP contribution < -0.4 is 4.74 Å². The molecule has 0 aliphatic carbocycles. The van der Waals surface area contributed by atoms with Crippen molar-refractivity contribution in [2.24, 2.45) is 0 Å². The molecular formula is C20H24N4O. The van der Waals surface area contributed by atoms with Crippen LogP contribution in [-0.2, 0) is 0 Å². The highest BCUT2D eigenvalue weighted by Crippen LogP contribution is 2.27. The Kier molecular flexibility index (Phi) is 4.19. The lowest BCUT2D eigenvalue weighted by molar-refractivity contribution is 0.113. The molecule has 130 valence electrons. The summed E-state index contributed by atoms with van der Waals surface area (Å²) in [4.78, 5) is 9.68. The smallest absolute Gasteiger partial charge is 0.137 e. The van der Waals surface area contributed by atoms with Crippen LogP contribution in [0.4, 0.5) is 0 Å². The number of rotatable bonds is 3. The number of benzene rings is 1. The Morgan fingerprint density at radius 2 is 1.84 bits per heavy atom. The molecular weight excluding hydrogens is 312 g/mol. The number of nitrogens with zero attached hydrogens (tertiary/aromatic N) is 4. The second-order valence-corrected chi connectivity index (χ2v) is 6.79. The molecule has 0 saturated carbocycles. The SMILES string of the molecule is COc1ccc(-c2cccc3nc([C@H]4CN(C)CCN4C)cn23)cc1. The van der Waals surface area contributed by atoms with Crippen LogP contribution in [0.25, 0.3) is 16.9 Å². The summed E-state index contributed by atoms with van der Waals surface area (Å²) in [6, 6.07) is 14.8. The van der Waals surface area contributed by atoms with E-state index in [4.69, 9.17) is 9.72 Å². The molecule has 1 fully saturated rings. The Balaban J connectivity index is 1.75. The van der Waals surface area contributed by atoms with Gasteiger partial charge in [-0.15, -0.1) is 0 Å². The minimum Gasteiger partial charge on any atom is -0.497 e. The number of methoxy groups -OCH3 is 1. The van der Waals surface area contributed by atoms with E-state index >= 15 is 0 Å². The molecule has 0 amide bonds. The van der Waals surface area contributed by atoms with Crippen LogP contribution in [0.1, 0.15) is 11.7 Å². The van der Waals surface area contributed by atoms with Crippen LogP contribution in [0.15, 0.2) is 48.7 Å². The standard InChI is InChI=1S/C20H24N4O/c1-22-11-12-23(2)19(14-22)17-13-24-18(5-4-6-20(24)21-17)15-7-9-16(25-3)10-8-15/h4-10,13,19H,11-12,14H2,1-3H3/t19-/m1/s1. The fourth-order valence-electron chi connectivity index (χ4n) is 3.52. The lowest BCUT2D eigenvalue weighted by atomic mass is 10.1. The largest absolute Gasteiger partial charge is 0.497 e. The zero-order chi connectivity index (χ0) is 17.4. The highest BCUT2D eigenvalue weighted by atomic mass is 16.5. The average Bonchev–Trinajstić information content (AvgIpc) is 3.08. The van der Waals surface area contributed by atoms with Crippen molar-refractivity contribution in [2.75, 3.05) is 40.8 Å². The Bertz CT molecular complexity index is 871. The number of aromatic nitrogens is 2. The van der Waals surface area contributed by atoms with E-state index in [0.717, 1.165) is 48.0 Å². The van der Waals surface area contributed by atoms with E-state index < -0.39 is 0 Å². The maximum atomic E-state index is 5.27. The van der Waals surface area contributed by atoms with Gasteiger partial charge in [0.25, 0.3) is 0 Å². The minimum atomic E-state index is 0.336. The highest BCUT2D eigenvalue weighted by Gasteiger charge is 2.26. The number of hydrogen-bond donors (Lipinski definition) is 0. The molecule has 1 saturated heterocycles. The lowest BCUT2D eigenvalue weighted by Crippen LogP contribution is -2.44. The average molecular weight is 336 g/mol. The maximum Gasteiger partial charge on any atom is 0.137 e. The monoisotopic (exact) mass is 336 g/mol. The third-order valence-corrected chi connectivity index (χ3v) is 5.09. The van der Waals surface area contributed by atoms with Crippen LogP contribution in [0.2, 0.25) is 0 Å². The summed E-state index contributed by atoms with van der Waals surface area (Å²) >= 11 is 0. The van der Waals surface area contributed by atoms with Gasteiger partial charge in [-0.1, -0.05) is 6.07 Å². The number of imidazole rings is 1. The zero-order valence-corrected chi connectivity index (χ0v) is 15.0. The Morgan fingerprint density at radius 3 is 2.60 bits per heavy atom. The summed E-state index contributed by atoms with van der Waals surface area (Å²) in [5, 5.41) is 0. The Hall–Kier alpha value is -2.37. The van der Waals surface area contributed by atoms with E-state index in [0.29, 0.717) is 6.04 Å². The zero-order valence-electron chi connectivity index (χ0n) is 15.0. The molecule has 3 heterocycles. The second-order valence-electron chi connectivity index (χ2n) is 6.79. The van der Waals surface area contributed by atoms with Gasteiger partial charge < -0.3 is 9.64 Å². The third-order valence-electron chi connectivity index (χ3n) is 5.09. The van der Waals surface area contributed by atoms with Crippen molar-refractivity contribution in [2.45, 2.75) is 6.04 Å². The van der Waals surface area contributed by atoms with Crippen molar-refractivity contribution in [3.63, 3.8) is 0 Å². The lowest BCUT2D eigenvalue weighted by Gasteiger charge is -2.36. The number of ether oxygens (including phenoxy) is 1. The molecule has 5 nitrogen and oxygen atoms in total. The van der Waals surface area contributed by atoms with Gasteiger partial charge in [0, 0.05) is 25.8 Å². The van der Waals surface area contributed by atoms with E-state index in [1.807, 2.05) is 12.1 Å². The predicted octanol–water partition coefficient (Wildman–Crippen LogP) is 2.93. The molecule has 0 unspecified atom stereocenters. The molecule has 5 heteroatoms. The number of pyridine rings is 1. The highest BCUT2D eigenvalue weighted by molar-refractivity contribution is 5.64. The van der Waals surface area contributed by atoms with Gasteiger partial charge in [0.05, 0.1) is 24.5 Å². The van der Waals surface area contributed by atoms with Crippen LogP contribution in [0.3, 0.4) is 0 Å². The fourth-order valence-corrected chi connectivity index (χ4v) is 3.52. The van der Waals surface area contributed by atoms with Crippen LogP contribution in [0.5, 0.6) is 5.75 Å². The molecule has 1 aliphatic heterocycles. The van der Waals surface area contributed by atoms with Crippen LogP contribution in [0, 0.1) is 0 Å². The molecule has 0 bridgehead atoms. The Labute approximate surface area is 148 Å². The van der Waals surface area contributed by atoms with Crippen molar-refractivity contribution < 1.29 is 4.74 Å². The van der Waals surface area contributed by atoms with Crippen molar-refractivity contribution in [3.05, 3.63) is 54.4 Å². The summed E-state index contributed by atoms with van der Waals surface area (Å²) in [6.45, 7) is 3.19. The van der Waals surface area contributed by atoms with Crippen molar-refractivity contribution >= 4 is 5.65 Å². The molecule has 0 radical (unpaired) electrons. The quantitative estimate of drug-likeness (QED) is 0.736. The molecule has 4 rings (SSSR count). The van der Waals surface area contributed by atoms with E-state index in [-0.39, 0.29) is 0 Å². The summed E-state index contributed by atoms with van der Waals surface area (Å²) in [5.41, 5.74) is 4.43. The van der Waals surface area contributed by atoms with Gasteiger partial charge in [-0.25, -0.2) is 4.98 Å². The molecule has 1 aliphatic rings. The molecule has 25 heavy (non-hydrogen) atoms. The number of piperazine rings is 1. The molecule has 3 aromatic rings. The van der Waals surface area contributed by atoms with Gasteiger partial charge in [-0.3, -0.25) is 9.30 Å². The van der Waals surface area contributed by atoms with Gasteiger partial charge in [-0.2, -0.15) is 0 Å². The van der Waals surface area contributed by atoms with Crippen LogP contribution in [-0.4, -0.2) is 60.0 Å². The van der Waals surface area contributed by atoms with E-state index in [9.17, 15) is 0 Å². The van der Waals surface area contributed by atoms with E-state index in [1.54, 1.807) is 7.11 Å². The van der Waals surface area contributed by atoms with Crippen molar-refractivity contribution in [1.82, 2.24) is 19.2 Å². The summed E-state index contributed by atoms with van der Waals surface area (Å²) in [5.74, 6) is 0.870. The van der Waals surface area contributed by atoms with Gasteiger partial charge in [0.1, 0.15) is 11.4 Å². The summed E-state index contributed by atoms with van der Waals surface area (Å²) in [6.07, 6.45) is 2.19. The fraction of sp³-hybridized carbons (Fsp3) is 0.350. The van der Waals surface area contributed by atoms with Gasteiger partial charge in [0.2, 0.25) is 0 Å². The molecule has 1 aromatic carbocycles. The first-order valence-corrected chi connectivity index (χ1v) is 8.67. The third kappa shape index (κ3) is 3.01. The number of likely N-dealkylation sites (N-methyl/N-ethyl adjacent to an activating group) is 2. The topological polar surface area (TPSA) is 33.0 Å². The van der Waals surface area contributed by atoms with Gasteiger partial charge >= 0.3 is 0 Å². The van der Waals surface area contributed by atoms with Gasteiger partial charge in [-0.05, 0) is 56.1 Å². The first kappa shape index (κ1) is 16.1. The van der Waals surface area contributed by atoms with Gasteiger partial charge in [0.15, 0.2) is 0 Å². The maximum absolute atomic E-state index is 5.27. The molecule has 1 atom stereocenters. The predicted molar refractivity (Wildman–Crippen MR) is 100 cm³/mol. The molecule has 0 N–H and O–H groups in total. The second kappa shape index (κ2) is 6.50. The summed E-state index contributed by atoms with van der Waals surface area (Å²) < 4.78 is 7.46. The summed E-state index contributed by atoms with van der Waals surface area (Å²) in [7, 11) is 6.06. The van der Waals surface area contributed by atoms with Crippen molar-refractivity contribution in [1.29, 1.82) is 0 Å². The minimum absolute atomic E-state index is 0.336. The molecule has 2 aromatic heterocycles.